The minimum atomic E-state index is -0.224. The van der Waals surface area contributed by atoms with Crippen molar-refractivity contribution in [3.8, 4) is 17.2 Å². The molecular formula is C15H16N2O5. The lowest BCUT2D eigenvalue weighted by atomic mass is 10.3. The third-order valence-electron chi connectivity index (χ3n) is 3.12. The van der Waals surface area contributed by atoms with Gasteiger partial charge in [0.15, 0.2) is 11.5 Å². The number of rotatable bonds is 6. The van der Waals surface area contributed by atoms with Gasteiger partial charge in [-0.1, -0.05) is 0 Å². The summed E-state index contributed by atoms with van der Waals surface area (Å²) in [6.45, 7) is 1.20. The second-order valence-corrected chi connectivity index (χ2v) is 4.63. The maximum absolute atomic E-state index is 11.8. The van der Waals surface area contributed by atoms with Gasteiger partial charge in [0.2, 0.25) is 6.79 Å². The Labute approximate surface area is 126 Å². The summed E-state index contributed by atoms with van der Waals surface area (Å²) < 4.78 is 21.1. The first-order chi connectivity index (χ1) is 10.8. The van der Waals surface area contributed by atoms with E-state index in [2.05, 4.69) is 5.32 Å². The second kappa shape index (κ2) is 6.40. The van der Waals surface area contributed by atoms with Gasteiger partial charge >= 0.3 is 0 Å². The Balaban J connectivity index is 1.44. The number of nitrogens with two attached hydrogens (primary N) is 1. The highest BCUT2D eigenvalue weighted by Crippen LogP contribution is 2.34. The lowest BCUT2D eigenvalue weighted by Gasteiger charge is -2.07. The van der Waals surface area contributed by atoms with Crippen molar-refractivity contribution in [3.05, 3.63) is 41.9 Å². The van der Waals surface area contributed by atoms with Crippen LogP contribution in [0.3, 0.4) is 0 Å². The minimum Gasteiger partial charge on any atom is -0.492 e. The molecule has 1 aliphatic heterocycles. The van der Waals surface area contributed by atoms with E-state index in [-0.39, 0.29) is 19.2 Å². The fraction of sp³-hybridized carbons (Fsp3) is 0.267. The van der Waals surface area contributed by atoms with E-state index in [9.17, 15) is 4.79 Å². The standard InChI is InChI=1S/C15H16N2O5/c16-7-12-5-10(8-20-12)15(18)17-3-4-19-11-1-2-13-14(6-11)22-9-21-13/h1-2,5-6,8H,3-4,7,9,16H2,(H,17,18). The predicted octanol–water partition coefficient (Wildman–Crippen LogP) is 1.28. The number of hydrogen-bond donors (Lipinski definition) is 2. The van der Waals surface area contributed by atoms with Crippen LogP contribution >= 0.6 is 0 Å². The molecule has 0 unspecified atom stereocenters. The molecule has 3 rings (SSSR count). The summed E-state index contributed by atoms with van der Waals surface area (Å²) in [5.74, 6) is 2.37. The number of ether oxygens (including phenoxy) is 3. The zero-order chi connectivity index (χ0) is 15.4. The van der Waals surface area contributed by atoms with Crippen LogP contribution in [0.5, 0.6) is 17.2 Å². The molecule has 0 radical (unpaired) electrons. The molecular weight excluding hydrogens is 288 g/mol. The van der Waals surface area contributed by atoms with E-state index in [1.165, 1.54) is 6.26 Å². The van der Waals surface area contributed by atoms with E-state index in [1.807, 2.05) is 0 Å². The van der Waals surface area contributed by atoms with Crippen molar-refractivity contribution in [2.75, 3.05) is 19.9 Å². The molecule has 0 spiro atoms. The minimum absolute atomic E-state index is 0.224. The lowest BCUT2D eigenvalue weighted by molar-refractivity contribution is 0.0946. The molecule has 0 saturated carbocycles. The molecule has 116 valence electrons. The van der Waals surface area contributed by atoms with Crippen LogP contribution in [0.2, 0.25) is 0 Å². The fourth-order valence-electron chi connectivity index (χ4n) is 2.01. The van der Waals surface area contributed by atoms with Crippen LogP contribution in [0, 0.1) is 0 Å². The van der Waals surface area contributed by atoms with Gasteiger partial charge in [-0.05, 0) is 18.2 Å². The van der Waals surface area contributed by atoms with Crippen LogP contribution in [0.4, 0.5) is 0 Å². The van der Waals surface area contributed by atoms with Gasteiger partial charge in [0.25, 0.3) is 5.91 Å². The Bertz CT molecular complexity index is 668. The Morgan fingerprint density at radius 3 is 2.95 bits per heavy atom. The normalized spacial score (nSPS) is 12.2. The van der Waals surface area contributed by atoms with Gasteiger partial charge in [0.1, 0.15) is 24.4 Å². The first-order valence-corrected chi connectivity index (χ1v) is 6.84. The van der Waals surface area contributed by atoms with Crippen LogP contribution in [0.25, 0.3) is 0 Å². The van der Waals surface area contributed by atoms with Gasteiger partial charge in [-0.25, -0.2) is 0 Å². The van der Waals surface area contributed by atoms with Crippen molar-refractivity contribution in [2.24, 2.45) is 5.73 Å². The summed E-state index contributed by atoms with van der Waals surface area (Å²) in [5.41, 5.74) is 5.87. The van der Waals surface area contributed by atoms with Gasteiger partial charge in [-0.2, -0.15) is 0 Å². The quantitative estimate of drug-likeness (QED) is 0.780. The Morgan fingerprint density at radius 2 is 2.14 bits per heavy atom. The van der Waals surface area contributed by atoms with Gasteiger partial charge in [-0.15, -0.1) is 0 Å². The summed E-state index contributed by atoms with van der Waals surface area (Å²) >= 11 is 0. The molecule has 7 nitrogen and oxygen atoms in total. The smallest absolute Gasteiger partial charge is 0.254 e. The maximum Gasteiger partial charge on any atom is 0.254 e. The number of fused-ring (bicyclic) bond motifs is 1. The Hall–Kier alpha value is -2.67. The monoisotopic (exact) mass is 304 g/mol. The molecule has 22 heavy (non-hydrogen) atoms. The number of carbonyl (C=O) groups excluding carboxylic acids is 1. The molecule has 0 atom stereocenters. The van der Waals surface area contributed by atoms with Gasteiger partial charge in [0, 0.05) is 6.07 Å². The largest absolute Gasteiger partial charge is 0.492 e. The lowest BCUT2D eigenvalue weighted by Crippen LogP contribution is -2.27. The summed E-state index contributed by atoms with van der Waals surface area (Å²) in [6.07, 6.45) is 1.39. The zero-order valence-electron chi connectivity index (χ0n) is 11.8. The van der Waals surface area contributed by atoms with Crippen molar-refractivity contribution in [3.63, 3.8) is 0 Å². The molecule has 2 aromatic rings. The van der Waals surface area contributed by atoms with Crippen molar-refractivity contribution in [2.45, 2.75) is 6.54 Å². The predicted molar refractivity (Wildman–Crippen MR) is 77.0 cm³/mol. The van der Waals surface area contributed by atoms with Crippen LogP contribution in [-0.4, -0.2) is 25.9 Å². The molecule has 2 heterocycles. The molecule has 1 aliphatic rings. The molecule has 1 aromatic carbocycles. The molecule has 1 aromatic heterocycles. The maximum atomic E-state index is 11.8. The van der Waals surface area contributed by atoms with Crippen molar-refractivity contribution >= 4 is 5.91 Å². The molecule has 0 aliphatic carbocycles. The fourth-order valence-corrected chi connectivity index (χ4v) is 2.01. The number of carbonyl (C=O) groups is 1. The van der Waals surface area contributed by atoms with Crippen LogP contribution in [0.15, 0.2) is 34.9 Å². The summed E-state index contributed by atoms with van der Waals surface area (Å²) in [4.78, 5) is 11.8. The number of benzene rings is 1. The van der Waals surface area contributed by atoms with Crippen LogP contribution in [0.1, 0.15) is 16.1 Å². The SMILES string of the molecule is NCc1cc(C(=O)NCCOc2ccc3c(c2)OCO3)co1. The van der Waals surface area contributed by atoms with E-state index in [4.69, 9.17) is 24.4 Å². The molecule has 0 bridgehead atoms. The topological polar surface area (TPSA) is 96.0 Å². The number of nitrogens with one attached hydrogen (secondary N) is 1. The van der Waals surface area contributed by atoms with Gasteiger partial charge in [0.05, 0.1) is 18.7 Å². The van der Waals surface area contributed by atoms with Crippen LogP contribution in [-0.2, 0) is 6.54 Å². The van der Waals surface area contributed by atoms with Crippen molar-refractivity contribution in [1.29, 1.82) is 0 Å². The van der Waals surface area contributed by atoms with Crippen molar-refractivity contribution in [1.82, 2.24) is 5.32 Å². The van der Waals surface area contributed by atoms with E-state index in [0.717, 1.165) is 0 Å². The third kappa shape index (κ3) is 3.15. The van der Waals surface area contributed by atoms with Crippen LogP contribution < -0.4 is 25.3 Å². The highest BCUT2D eigenvalue weighted by Gasteiger charge is 2.13. The zero-order valence-corrected chi connectivity index (χ0v) is 11.8. The number of furan rings is 1. The molecule has 0 fully saturated rings. The summed E-state index contributed by atoms with van der Waals surface area (Å²) in [6, 6.07) is 6.96. The highest BCUT2D eigenvalue weighted by atomic mass is 16.7. The second-order valence-electron chi connectivity index (χ2n) is 4.63. The molecule has 1 amide bonds. The molecule has 0 saturated heterocycles. The van der Waals surface area contributed by atoms with E-state index in [0.29, 0.717) is 41.7 Å². The first-order valence-electron chi connectivity index (χ1n) is 6.84. The third-order valence-corrected chi connectivity index (χ3v) is 3.12. The number of amides is 1. The Morgan fingerprint density at radius 1 is 1.27 bits per heavy atom. The van der Waals surface area contributed by atoms with Crippen molar-refractivity contribution < 1.29 is 23.4 Å². The Kier molecular flexibility index (Phi) is 4.15. The van der Waals surface area contributed by atoms with Gasteiger partial charge in [-0.3, -0.25) is 4.79 Å². The average molecular weight is 304 g/mol. The highest BCUT2D eigenvalue weighted by molar-refractivity contribution is 5.93. The average Bonchev–Trinajstić information content (AvgIpc) is 3.19. The number of hydrogen-bond acceptors (Lipinski definition) is 6. The molecule has 3 N–H and O–H groups in total. The summed E-state index contributed by atoms with van der Waals surface area (Å²) in [7, 11) is 0. The molecule has 7 heteroatoms. The van der Waals surface area contributed by atoms with E-state index in [1.54, 1.807) is 24.3 Å². The van der Waals surface area contributed by atoms with E-state index < -0.39 is 0 Å². The van der Waals surface area contributed by atoms with E-state index >= 15 is 0 Å². The first kappa shape index (κ1) is 14.3. The van der Waals surface area contributed by atoms with Gasteiger partial charge < -0.3 is 29.7 Å². The summed E-state index contributed by atoms with van der Waals surface area (Å²) in [5, 5.41) is 2.74.